The molecule has 0 rings (SSSR count). The van der Waals surface area contributed by atoms with Crippen molar-refractivity contribution in [3.63, 3.8) is 0 Å². The van der Waals surface area contributed by atoms with Crippen LogP contribution in [0.1, 0.15) is 369 Å². The van der Waals surface area contributed by atoms with Crippen molar-refractivity contribution in [1.82, 2.24) is 0 Å². The van der Waals surface area contributed by atoms with Crippen LogP contribution in [0.15, 0.2) is 0 Å². The van der Waals surface area contributed by atoms with E-state index in [2.05, 4.69) is 41.5 Å². The Morgan fingerprint density at radius 3 is 0.780 bits per heavy atom. The number of esters is 4. The summed E-state index contributed by atoms with van der Waals surface area (Å²) in [5.41, 5.74) is 0. The number of phosphoric acid groups is 2. The second-order valence-electron chi connectivity index (χ2n) is 26.5. The number of ether oxygens (including phenoxy) is 4. The number of carbonyl (C=O) groups excluding carboxylic acids is 4. The van der Waals surface area contributed by atoms with Crippen molar-refractivity contribution in [3.05, 3.63) is 0 Å². The fourth-order valence-electron chi connectivity index (χ4n) is 10.9. The summed E-state index contributed by atoms with van der Waals surface area (Å²) in [5, 5.41) is 10.6. The van der Waals surface area contributed by atoms with Gasteiger partial charge in [0.1, 0.15) is 19.3 Å². The fraction of sp³-hybridized carbons (Fsp3) is 0.944. The second-order valence-corrected chi connectivity index (χ2v) is 29.4. The second kappa shape index (κ2) is 64.1. The molecule has 3 N–H and O–H groups in total. The van der Waals surface area contributed by atoms with E-state index >= 15 is 0 Å². The average Bonchev–Trinajstić information content (AvgIpc) is 3.57. The van der Waals surface area contributed by atoms with Crippen molar-refractivity contribution in [2.45, 2.75) is 387 Å². The lowest BCUT2D eigenvalue weighted by molar-refractivity contribution is -0.161. The van der Waals surface area contributed by atoms with E-state index in [4.69, 9.17) is 37.0 Å². The van der Waals surface area contributed by atoms with Crippen LogP contribution in [-0.4, -0.2) is 96.7 Å². The smallest absolute Gasteiger partial charge is 0.462 e. The van der Waals surface area contributed by atoms with Gasteiger partial charge in [0, 0.05) is 25.7 Å². The van der Waals surface area contributed by atoms with E-state index in [0.29, 0.717) is 25.7 Å². The molecule has 0 aromatic heterocycles. The van der Waals surface area contributed by atoms with E-state index in [-0.39, 0.29) is 25.7 Å². The largest absolute Gasteiger partial charge is 0.472 e. The maximum Gasteiger partial charge on any atom is 0.472 e. The summed E-state index contributed by atoms with van der Waals surface area (Å²) >= 11 is 0. The van der Waals surface area contributed by atoms with Gasteiger partial charge in [0.05, 0.1) is 26.4 Å². The van der Waals surface area contributed by atoms with E-state index in [9.17, 15) is 43.2 Å². The Kier molecular flexibility index (Phi) is 62.7. The minimum Gasteiger partial charge on any atom is -0.462 e. The molecule has 0 heterocycles. The summed E-state index contributed by atoms with van der Waals surface area (Å²) in [6.45, 7) is 9.49. The Bertz CT molecular complexity index is 1770. The number of hydrogen-bond donors (Lipinski definition) is 3. The van der Waals surface area contributed by atoms with Gasteiger partial charge in [0.2, 0.25) is 0 Å². The highest BCUT2D eigenvalue weighted by molar-refractivity contribution is 7.47. The first-order chi connectivity index (χ1) is 43.9. The lowest BCUT2D eigenvalue weighted by Gasteiger charge is -2.21. The number of unbranched alkanes of at least 4 members (excludes halogenated alkanes) is 39. The summed E-state index contributed by atoms with van der Waals surface area (Å²) < 4.78 is 68.1. The Balaban J connectivity index is 5.11. The lowest BCUT2D eigenvalue weighted by Crippen LogP contribution is -2.30. The lowest BCUT2D eigenvalue weighted by atomic mass is 9.99. The molecule has 19 heteroatoms. The maximum atomic E-state index is 13.1. The van der Waals surface area contributed by atoms with Gasteiger partial charge < -0.3 is 33.8 Å². The van der Waals surface area contributed by atoms with Gasteiger partial charge in [-0.15, -0.1) is 0 Å². The van der Waals surface area contributed by atoms with Crippen molar-refractivity contribution in [2.24, 2.45) is 11.8 Å². The molecule has 0 spiro atoms. The Morgan fingerprint density at radius 2 is 0.527 bits per heavy atom. The number of hydrogen-bond acceptors (Lipinski definition) is 15. The van der Waals surface area contributed by atoms with Gasteiger partial charge in [-0.25, -0.2) is 9.13 Å². The van der Waals surface area contributed by atoms with Crippen LogP contribution in [0.3, 0.4) is 0 Å². The number of rotatable bonds is 71. The topological polar surface area (TPSA) is 237 Å². The maximum absolute atomic E-state index is 13.1. The highest BCUT2D eigenvalue weighted by Gasteiger charge is 2.30. The van der Waals surface area contributed by atoms with Crippen LogP contribution in [-0.2, 0) is 65.4 Å². The van der Waals surface area contributed by atoms with Crippen molar-refractivity contribution in [2.75, 3.05) is 39.6 Å². The van der Waals surface area contributed by atoms with E-state index < -0.39 is 97.5 Å². The molecule has 91 heavy (non-hydrogen) atoms. The highest BCUT2D eigenvalue weighted by Crippen LogP contribution is 2.45. The molecular formula is C72H140O17P2. The molecule has 0 saturated carbocycles. The van der Waals surface area contributed by atoms with Crippen LogP contribution < -0.4 is 0 Å². The number of carbonyl (C=O) groups is 4. The summed E-state index contributed by atoms with van der Waals surface area (Å²) in [6, 6.07) is 0. The minimum absolute atomic E-state index is 0.102. The molecule has 540 valence electrons. The summed E-state index contributed by atoms with van der Waals surface area (Å²) in [6.07, 6.45) is 50.5. The van der Waals surface area contributed by atoms with E-state index in [1.807, 2.05) is 0 Å². The van der Waals surface area contributed by atoms with Crippen molar-refractivity contribution in [1.29, 1.82) is 0 Å². The molecule has 0 aromatic rings. The van der Waals surface area contributed by atoms with Gasteiger partial charge >= 0.3 is 39.5 Å². The Labute approximate surface area is 556 Å². The SMILES string of the molecule is CCCCCCCCCCCCCCCCC(=O)OC[C@H](COP(=O)(O)OC[C@@H](O)COP(=O)(O)OC[C@@H](COC(=O)CCCCCCC)OC(=O)CCCCCCCCC(C)CC)OC(=O)CCCCCCCCCCCCCCCCCCCCC(C)CC. The van der Waals surface area contributed by atoms with Gasteiger partial charge in [0.15, 0.2) is 12.2 Å². The monoisotopic (exact) mass is 1340 g/mol. The molecule has 0 aromatic carbocycles. The minimum atomic E-state index is -4.95. The zero-order chi connectivity index (χ0) is 67.2. The Morgan fingerprint density at radius 1 is 0.308 bits per heavy atom. The molecule has 0 bridgehead atoms. The number of aliphatic hydroxyl groups excluding tert-OH is 1. The molecule has 0 aliphatic heterocycles. The number of phosphoric ester groups is 2. The van der Waals surface area contributed by atoms with Gasteiger partial charge in [-0.1, -0.05) is 318 Å². The van der Waals surface area contributed by atoms with Crippen LogP contribution in [0.5, 0.6) is 0 Å². The summed E-state index contributed by atoms with van der Waals surface area (Å²) in [4.78, 5) is 72.3. The normalized spacial score (nSPS) is 14.7. The van der Waals surface area contributed by atoms with Gasteiger partial charge in [-0.05, 0) is 37.5 Å². The number of aliphatic hydroxyl groups is 1. The Hall–Kier alpha value is -1.94. The van der Waals surface area contributed by atoms with Crippen LogP contribution in [0.25, 0.3) is 0 Å². The molecular weight excluding hydrogens is 1200 g/mol. The summed E-state index contributed by atoms with van der Waals surface area (Å²) in [7, 11) is -9.89. The molecule has 0 radical (unpaired) electrons. The first kappa shape index (κ1) is 89.1. The third kappa shape index (κ3) is 63.9. The van der Waals surface area contributed by atoms with E-state index in [0.717, 1.165) is 108 Å². The van der Waals surface area contributed by atoms with Crippen molar-refractivity contribution >= 4 is 39.5 Å². The van der Waals surface area contributed by atoms with Gasteiger partial charge in [-0.3, -0.25) is 37.3 Å². The van der Waals surface area contributed by atoms with Crippen LogP contribution >= 0.6 is 15.6 Å². The van der Waals surface area contributed by atoms with Gasteiger partial charge in [-0.2, -0.15) is 0 Å². The van der Waals surface area contributed by atoms with Crippen LogP contribution in [0.2, 0.25) is 0 Å². The first-order valence-corrected chi connectivity index (χ1v) is 40.6. The van der Waals surface area contributed by atoms with E-state index in [1.165, 1.54) is 180 Å². The highest BCUT2D eigenvalue weighted by atomic mass is 31.2. The summed E-state index contributed by atoms with van der Waals surface area (Å²) in [5.74, 6) is -0.544. The zero-order valence-electron chi connectivity index (χ0n) is 59.1. The van der Waals surface area contributed by atoms with Crippen molar-refractivity contribution < 1.29 is 80.2 Å². The molecule has 0 fully saturated rings. The zero-order valence-corrected chi connectivity index (χ0v) is 60.9. The standard InChI is InChI=1S/C72H140O17P2/c1-7-11-13-15-16-17-18-19-27-30-33-36-43-49-55-70(75)83-61-68(88-71(76)56-50-44-37-34-31-28-25-23-21-20-22-24-26-29-32-35-41-46-52-64(5)9-3)63-87-91(80,81)85-59-66(73)58-84-90(78,79)86-62-67(60-82-69(74)54-48-40-14-12-8-2)89-72(77)57-51-45-39-38-42-47-53-65(6)10-4/h64-68,73H,7-63H2,1-6H3,(H,78,79)(H,80,81)/t64?,65?,66-,67+,68+/m0/s1. The third-order valence-corrected chi connectivity index (χ3v) is 19.3. The third-order valence-electron chi connectivity index (χ3n) is 17.4. The molecule has 0 amide bonds. The van der Waals surface area contributed by atoms with Crippen LogP contribution in [0.4, 0.5) is 0 Å². The quantitative estimate of drug-likeness (QED) is 0.0222. The first-order valence-electron chi connectivity index (χ1n) is 37.6. The predicted octanol–water partition coefficient (Wildman–Crippen LogP) is 20.8. The predicted molar refractivity (Wildman–Crippen MR) is 368 cm³/mol. The molecule has 17 nitrogen and oxygen atoms in total. The molecule has 0 aliphatic carbocycles. The molecule has 7 atom stereocenters. The fourth-order valence-corrected chi connectivity index (χ4v) is 12.5. The molecule has 4 unspecified atom stereocenters. The van der Waals surface area contributed by atoms with E-state index in [1.54, 1.807) is 0 Å². The average molecular weight is 1340 g/mol. The van der Waals surface area contributed by atoms with Gasteiger partial charge in [0.25, 0.3) is 0 Å². The van der Waals surface area contributed by atoms with Crippen molar-refractivity contribution in [3.8, 4) is 0 Å². The van der Waals surface area contributed by atoms with Crippen LogP contribution in [0, 0.1) is 11.8 Å². The molecule has 0 saturated heterocycles. The molecule has 0 aliphatic rings.